The van der Waals surface area contributed by atoms with Gasteiger partial charge < -0.3 is 19.3 Å². The fourth-order valence-corrected chi connectivity index (χ4v) is 5.54. The van der Waals surface area contributed by atoms with E-state index in [0.717, 1.165) is 28.7 Å². The van der Waals surface area contributed by atoms with E-state index in [0.29, 0.717) is 32.9 Å². The van der Waals surface area contributed by atoms with E-state index in [2.05, 4.69) is 20.4 Å². The van der Waals surface area contributed by atoms with Crippen LogP contribution in [0.1, 0.15) is 61.5 Å². The van der Waals surface area contributed by atoms with Crippen LogP contribution < -0.4 is 9.47 Å². The van der Waals surface area contributed by atoms with Crippen molar-refractivity contribution in [2.45, 2.75) is 58.7 Å². The van der Waals surface area contributed by atoms with Gasteiger partial charge in [0.05, 0.1) is 11.7 Å². The number of carboxylic acids is 1. The average molecular weight is 570 g/mol. The van der Waals surface area contributed by atoms with Crippen molar-refractivity contribution in [2.75, 3.05) is 6.61 Å². The molecule has 0 saturated carbocycles. The Morgan fingerprint density at radius 2 is 1.69 bits per heavy atom. The zero-order valence-electron chi connectivity index (χ0n) is 22.9. The molecule has 0 aromatic heterocycles. The number of carboxylic acid groups (broad SMARTS) is 1. The molecular formula is C32H34Cl2O5. The molecule has 7 heteroatoms. The Labute approximate surface area is 240 Å². The highest BCUT2D eigenvalue weighted by atomic mass is 35.5. The summed E-state index contributed by atoms with van der Waals surface area (Å²) in [5, 5.41) is 10.7. The highest BCUT2D eigenvalue weighted by Gasteiger charge is 2.45. The van der Waals surface area contributed by atoms with Gasteiger partial charge in [0.15, 0.2) is 6.61 Å². The molecule has 1 aliphatic rings. The fourth-order valence-electron chi connectivity index (χ4n) is 5.31. The first-order valence-corrected chi connectivity index (χ1v) is 13.6. The number of ether oxygens (including phenoxy) is 3. The molecule has 4 rings (SSSR count). The maximum atomic E-state index is 11.3. The zero-order chi connectivity index (χ0) is 28.5. The third kappa shape index (κ3) is 6.60. The molecule has 0 bridgehead atoms. The van der Waals surface area contributed by atoms with Gasteiger partial charge in [-0.3, -0.25) is 0 Å². The first-order valence-electron chi connectivity index (χ1n) is 12.9. The summed E-state index contributed by atoms with van der Waals surface area (Å²) < 4.78 is 18.8. The third-order valence-corrected chi connectivity index (χ3v) is 8.16. The Kier molecular flexibility index (Phi) is 8.65. The third-order valence-electron chi connectivity index (χ3n) is 7.31. The molecule has 206 valence electrons. The minimum atomic E-state index is -1.06. The predicted molar refractivity (Wildman–Crippen MR) is 156 cm³/mol. The van der Waals surface area contributed by atoms with Crippen LogP contribution in [-0.2, 0) is 9.53 Å². The first kappa shape index (κ1) is 29.0. The number of halogens is 2. The molecule has 5 nitrogen and oxygen atoms in total. The number of rotatable bonds is 8. The van der Waals surface area contributed by atoms with Gasteiger partial charge in [-0.15, -0.1) is 0 Å². The van der Waals surface area contributed by atoms with E-state index >= 15 is 0 Å². The molecule has 0 amide bonds. The number of carbonyl (C=O) groups is 1. The van der Waals surface area contributed by atoms with Crippen LogP contribution in [0, 0.1) is 19.8 Å². The Morgan fingerprint density at radius 1 is 1.05 bits per heavy atom. The van der Waals surface area contributed by atoms with Gasteiger partial charge in [0.25, 0.3) is 0 Å². The molecule has 3 aromatic carbocycles. The van der Waals surface area contributed by atoms with Crippen molar-refractivity contribution in [1.82, 2.24) is 0 Å². The molecule has 1 saturated heterocycles. The van der Waals surface area contributed by atoms with Crippen LogP contribution >= 0.6 is 23.2 Å². The maximum absolute atomic E-state index is 11.3. The quantitative estimate of drug-likeness (QED) is 0.274. The fraction of sp³-hybridized carbons (Fsp3) is 0.344. The average Bonchev–Trinajstić information content (AvgIpc) is 2.86. The van der Waals surface area contributed by atoms with Crippen LogP contribution in [0.2, 0.25) is 10.0 Å². The van der Waals surface area contributed by atoms with Crippen molar-refractivity contribution < 1.29 is 24.1 Å². The SMILES string of the molecule is C=C(C)[C@@H]1C[C@H](c2ccc(Cl)cc2)C(C)(C)O[C@H]1c1cc(Oc2cc(C)c(Cl)c(C)c2)ccc1OCC(=O)O. The lowest BCUT2D eigenvalue weighted by Crippen LogP contribution is -2.43. The van der Waals surface area contributed by atoms with Gasteiger partial charge >= 0.3 is 5.97 Å². The molecule has 0 aliphatic carbocycles. The first-order chi connectivity index (χ1) is 18.4. The number of hydrogen-bond donors (Lipinski definition) is 1. The summed E-state index contributed by atoms with van der Waals surface area (Å²) in [5.74, 6) is 0.652. The summed E-state index contributed by atoms with van der Waals surface area (Å²) in [7, 11) is 0. The van der Waals surface area contributed by atoms with Crippen molar-refractivity contribution in [3.63, 3.8) is 0 Å². The number of aliphatic carboxylic acids is 1. The lowest BCUT2D eigenvalue weighted by Gasteiger charge is -2.47. The van der Waals surface area contributed by atoms with E-state index < -0.39 is 24.3 Å². The standard InChI is InChI=1S/C32H34Cl2O5/c1-18(2)25-16-27(21-7-9-22(33)10-8-21)32(5,6)39-31(25)26-15-23(11-12-28(26)37-17-29(35)36)38-24-13-19(3)30(34)20(4)14-24/h7-15,25,27,31H,1,16-17H2,2-6H3,(H,35,36)/t25-,27+,31+/m0/s1. The van der Waals surface area contributed by atoms with E-state index in [9.17, 15) is 9.90 Å². The second-order valence-electron chi connectivity index (χ2n) is 10.8. The summed E-state index contributed by atoms with van der Waals surface area (Å²) in [6.07, 6.45) is 0.357. The highest BCUT2D eigenvalue weighted by Crippen LogP contribution is 2.52. The van der Waals surface area contributed by atoms with Crippen LogP contribution in [0.15, 0.2) is 66.7 Å². The lowest BCUT2D eigenvalue weighted by molar-refractivity contribution is -0.145. The molecule has 3 aromatic rings. The Balaban J connectivity index is 1.74. The largest absolute Gasteiger partial charge is 0.482 e. The number of benzene rings is 3. The van der Waals surface area contributed by atoms with E-state index in [1.807, 2.05) is 63.2 Å². The summed E-state index contributed by atoms with van der Waals surface area (Å²) in [6, 6.07) is 17.0. The summed E-state index contributed by atoms with van der Waals surface area (Å²) in [5.41, 5.74) is 4.11. The van der Waals surface area contributed by atoms with Gasteiger partial charge in [-0.05, 0) is 100 Å². The normalized spacial score (nSPS) is 20.3. The van der Waals surface area contributed by atoms with Crippen LogP contribution in [0.3, 0.4) is 0 Å². The minimum absolute atomic E-state index is 0.0545. The maximum Gasteiger partial charge on any atom is 0.341 e. The summed E-state index contributed by atoms with van der Waals surface area (Å²) >= 11 is 12.5. The van der Waals surface area contributed by atoms with E-state index in [1.165, 1.54) is 0 Å². The molecule has 0 spiro atoms. The van der Waals surface area contributed by atoms with Crippen LogP contribution in [0.5, 0.6) is 17.2 Å². The topological polar surface area (TPSA) is 65.0 Å². The van der Waals surface area contributed by atoms with Gasteiger partial charge in [0.1, 0.15) is 17.2 Å². The molecule has 39 heavy (non-hydrogen) atoms. The second-order valence-corrected chi connectivity index (χ2v) is 11.6. The van der Waals surface area contributed by atoms with Crippen LogP contribution in [0.25, 0.3) is 0 Å². The molecule has 1 aliphatic heterocycles. The summed E-state index contributed by atoms with van der Waals surface area (Å²) in [4.78, 5) is 11.3. The molecule has 1 fully saturated rings. The Bertz CT molecular complexity index is 1360. The van der Waals surface area contributed by atoms with Gasteiger partial charge in [-0.2, -0.15) is 0 Å². The molecule has 0 radical (unpaired) electrons. The van der Waals surface area contributed by atoms with Crippen LogP contribution in [-0.4, -0.2) is 23.3 Å². The smallest absolute Gasteiger partial charge is 0.341 e. The molecule has 3 atom stereocenters. The Hall–Kier alpha value is -2.99. The molecular weight excluding hydrogens is 535 g/mol. The molecule has 1 heterocycles. The molecule has 1 N–H and O–H groups in total. The van der Waals surface area contributed by atoms with Gasteiger partial charge in [-0.1, -0.05) is 47.5 Å². The van der Waals surface area contributed by atoms with Crippen LogP contribution in [0.4, 0.5) is 0 Å². The monoisotopic (exact) mass is 568 g/mol. The van der Waals surface area contributed by atoms with Crippen molar-refractivity contribution >= 4 is 29.2 Å². The van der Waals surface area contributed by atoms with Gasteiger partial charge in [-0.25, -0.2) is 4.79 Å². The van der Waals surface area contributed by atoms with Crippen molar-refractivity contribution in [3.8, 4) is 17.2 Å². The van der Waals surface area contributed by atoms with Crippen molar-refractivity contribution in [2.24, 2.45) is 5.92 Å². The van der Waals surface area contributed by atoms with Gasteiger partial charge in [0, 0.05) is 27.4 Å². The van der Waals surface area contributed by atoms with E-state index in [1.54, 1.807) is 12.1 Å². The van der Waals surface area contributed by atoms with Crippen molar-refractivity contribution in [3.05, 3.63) is 99.0 Å². The number of hydrogen-bond acceptors (Lipinski definition) is 4. The van der Waals surface area contributed by atoms with Gasteiger partial charge in [0.2, 0.25) is 0 Å². The number of aryl methyl sites for hydroxylation is 2. The highest BCUT2D eigenvalue weighted by molar-refractivity contribution is 6.32. The zero-order valence-corrected chi connectivity index (χ0v) is 24.4. The Morgan fingerprint density at radius 3 is 2.28 bits per heavy atom. The minimum Gasteiger partial charge on any atom is -0.482 e. The van der Waals surface area contributed by atoms with Crippen molar-refractivity contribution in [1.29, 1.82) is 0 Å². The lowest BCUT2D eigenvalue weighted by atomic mass is 9.71. The second kappa shape index (κ2) is 11.6. The predicted octanol–water partition coefficient (Wildman–Crippen LogP) is 9.08. The van der Waals surface area contributed by atoms with E-state index in [4.69, 9.17) is 37.4 Å². The molecule has 0 unspecified atom stereocenters. The van der Waals surface area contributed by atoms with E-state index in [-0.39, 0.29) is 11.8 Å². The summed E-state index contributed by atoms with van der Waals surface area (Å²) in [6.45, 7) is 13.8.